The van der Waals surface area contributed by atoms with Gasteiger partial charge in [-0.15, -0.1) is 0 Å². The molecule has 0 aliphatic heterocycles. The van der Waals surface area contributed by atoms with Crippen molar-refractivity contribution in [2.45, 2.75) is 46.2 Å². The first-order chi connectivity index (χ1) is 18.3. The Morgan fingerprint density at radius 2 is 1.84 bits per heavy atom. The van der Waals surface area contributed by atoms with Gasteiger partial charge in [0.15, 0.2) is 0 Å². The standard InChI is InChI=1S/C30H34N6O2/c1-19-12-26-25(10-11-32-29(26)31)20(2)27(19)15-33-30(38)24-14-34-36(18-24)17-23-6-4-21(5-7-23)13-28(37)35(3)16-22-8-9-22/h4-7,10-12,14,18,22H,8-9,13,15-17H2,1-3H3,(H2,31,32)(H,33,38). The number of likely N-dealkylation sites (N-methyl/N-ethyl adjacent to an activating group) is 1. The van der Waals surface area contributed by atoms with Crippen LogP contribution in [0.25, 0.3) is 10.8 Å². The normalized spacial score (nSPS) is 13.0. The van der Waals surface area contributed by atoms with Crippen LogP contribution in [0, 0.1) is 19.8 Å². The number of carbonyl (C=O) groups is 2. The average Bonchev–Trinajstić information content (AvgIpc) is 3.59. The van der Waals surface area contributed by atoms with Crippen LogP contribution in [0.2, 0.25) is 0 Å². The third-order valence-electron chi connectivity index (χ3n) is 7.41. The molecule has 5 rings (SSSR count). The minimum atomic E-state index is -0.173. The predicted molar refractivity (Wildman–Crippen MR) is 149 cm³/mol. The zero-order valence-corrected chi connectivity index (χ0v) is 22.2. The quantitative estimate of drug-likeness (QED) is 0.354. The van der Waals surface area contributed by atoms with E-state index in [1.54, 1.807) is 23.3 Å². The molecule has 1 aliphatic carbocycles. The third-order valence-corrected chi connectivity index (χ3v) is 7.41. The van der Waals surface area contributed by atoms with Crippen LogP contribution in [0.3, 0.4) is 0 Å². The number of pyridine rings is 1. The summed E-state index contributed by atoms with van der Waals surface area (Å²) in [5.41, 5.74) is 11.8. The average molecular weight is 511 g/mol. The monoisotopic (exact) mass is 510 g/mol. The minimum absolute atomic E-state index is 0.155. The van der Waals surface area contributed by atoms with Crippen molar-refractivity contribution in [3.05, 3.63) is 88.4 Å². The van der Waals surface area contributed by atoms with Crippen molar-refractivity contribution >= 4 is 28.4 Å². The summed E-state index contributed by atoms with van der Waals surface area (Å²) < 4.78 is 1.75. The molecule has 1 fully saturated rings. The highest BCUT2D eigenvalue weighted by molar-refractivity contribution is 5.95. The summed E-state index contributed by atoms with van der Waals surface area (Å²) in [6, 6.07) is 12.0. The van der Waals surface area contributed by atoms with E-state index in [1.165, 1.54) is 12.8 Å². The number of nitrogen functional groups attached to an aromatic ring is 1. The van der Waals surface area contributed by atoms with Gasteiger partial charge in [0.25, 0.3) is 5.91 Å². The maximum Gasteiger partial charge on any atom is 0.254 e. The highest BCUT2D eigenvalue weighted by atomic mass is 16.2. The van der Waals surface area contributed by atoms with Crippen LogP contribution in [0.5, 0.6) is 0 Å². The van der Waals surface area contributed by atoms with Crippen molar-refractivity contribution in [2.75, 3.05) is 19.3 Å². The molecular weight excluding hydrogens is 476 g/mol. The fraction of sp³-hybridized carbons (Fsp3) is 0.333. The summed E-state index contributed by atoms with van der Waals surface area (Å²) in [4.78, 5) is 31.3. The minimum Gasteiger partial charge on any atom is -0.383 e. The number of benzene rings is 2. The van der Waals surface area contributed by atoms with Gasteiger partial charge in [-0.3, -0.25) is 14.3 Å². The van der Waals surface area contributed by atoms with Crippen molar-refractivity contribution in [1.82, 2.24) is 25.0 Å². The molecule has 2 aromatic heterocycles. The van der Waals surface area contributed by atoms with E-state index < -0.39 is 0 Å². The number of nitrogens with two attached hydrogens (primary N) is 1. The van der Waals surface area contributed by atoms with Crippen LogP contribution in [-0.4, -0.2) is 45.1 Å². The van der Waals surface area contributed by atoms with E-state index in [9.17, 15) is 9.59 Å². The fourth-order valence-electron chi connectivity index (χ4n) is 4.89. The van der Waals surface area contributed by atoms with E-state index in [0.29, 0.717) is 36.8 Å². The van der Waals surface area contributed by atoms with Gasteiger partial charge in [-0.25, -0.2) is 4.98 Å². The molecule has 196 valence electrons. The lowest BCUT2D eigenvalue weighted by Gasteiger charge is -2.16. The fourth-order valence-corrected chi connectivity index (χ4v) is 4.89. The lowest BCUT2D eigenvalue weighted by Crippen LogP contribution is -2.30. The summed E-state index contributed by atoms with van der Waals surface area (Å²) in [6.07, 6.45) is 7.94. The predicted octanol–water partition coefficient (Wildman–Crippen LogP) is 4.02. The number of carbonyl (C=O) groups excluding carboxylic acids is 2. The summed E-state index contributed by atoms with van der Waals surface area (Å²) in [5.74, 6) is 1.18. The van der Waals surface area contributed by atoms with Crippen molar-refractivity contribution < 1.29 is 9.59 Å². The van der Waals surface area contributed by atoms with E-state index in [2.05, 4.69) is 15.4 Å². The molecule has 3 N–H and O–H groups in total. The van der Waals surface area contributed by atoms with Crippen molar-refractivity contribution in [2.24, 2.45) is 5.92 Å². The van der Waals surface area contributed by atoms with Gasteiger partial charge in [-0.1, -0.05) is 24.3 Å². The Morgan fingerprint density at radius 3 is 2.58 bits per heavy atom. The first-order valence-electron chi connectivity index (χ1n) is 13.0. The Bertz CT molecular complexity index is 1490. The maximum absolute atomic E-state index is 12.9. The Kier molecular flexibility index (Phi) is 7.13. The second kappa shape index (κ2) is 10.7. The van der Waals surface area contributed by atoms with Crippen molar-refractivity contribution in [3.8, 4) is 0 Å². The molecule has 8 heteroatoms. The van der Waals surface area contributed by atoms with Gasteiger partial charge < -0.3 is 16.0 Å². The zero-order chi connectivity index (χ0) is 26.8. The highest BCUT2D eigenvalue weighted by Gasteiger charge is 2.24. The van der Waals surface area contributed by atoms with Gasteiger partial charge in [0.2, 0.25) is 5.91 Å². The SMILES string of the molecule is Cc1cc2c(N)nccc2c(C)c1CNC(=O)c1cnn(Cc2ccc(CC(=O)N(C)CC3CC3)cc2)c1. The van der Waals surface area contributed by atoms with E-state index in [1.807, 2.05) is 62.2 Å². The van der Waals surface area contributed by atoms with Crippen LogP contribution in [0.4, 0.5) is 5.82 Å². The van der Waals surface area contributed by atoms with Gasteiger partial charge in [0, 0.05) is 37.9 Å². The number of hydrogen-bond donors (Lipinski definition) is 2. The molecule has 0 spiro atoms. The number of amides is 2. The molecule has 2 aromatic carbocycles. The number of rotatable bonds is 9. The molecule has 8 nitrogen and oxygen atoms in total. The summed E-state index contributed by atoms with van der Waals surface area (Å²) in [6.45, 7) is 5.88. The number of anilines is 1. The van der Waals surface area contributed by atoms with Crippen LogP contribution in [0.1, 0.15) is 51.0 Å². The molecular formula is C30H34N6O2. The molecule has 2 amide bonds. The lowest BCUT2D eigenvalue weighted by molar-refractivity contribution is -0.129. The molecule has 4 aromatic rings. The van der Waals surface area contributed by atoms with E-state index >= 15 is 0 Å². The van der Waals surface area contributed by atoms with Crippen molar-refractivity contribution in [1.29, 1.82) is 0 Å². The molecule has 0 atom stereocenters. The molecule has 0 radical (unpaired) electrons. The Morgan fingerprint density at radius 1 is 1.11 bits per heavy atom. The van der Waals surface area contributed by atoms with E-state index in [4.69, 9.17) is 5.73 Å². The molecule has 38 heavy (non-hydrogen) atoms. The largest absolute Gasteiger partial charge is 0.383 e. The summed E-state index contributed by atoms with van der Waals surface area (Å²) >= 11 is 0. The van der Waals surface area contributed by atoms with Gasteiger partial charge in [0.05, 0.1) is 24.7 Å². The van der Waals surface area contributed by atoms with E-state index in [0.717, 1.165) is 45.1 Å². The van der Waals surface area contributed by atoms with Gasteiger partial charge >= 0.3 is 0 Å². The molecule has 0 saturated heterocycles. The molecule has 1 saturated carbocycles. The lowest BCUT2D eigenvalue weighted by atomic mass is 9.96. The number of aromatic nitrogens is 3. The Hall–Kier alpha value is -4.20. The Labute approximate surface area is 222 Å². The number of nitrogens with one attached hydrogen (secondary N) is 1. The van der Waals surface area contributed by atoms with Crippen LogP contribution in [0.15, 0.2) is 55.0 Å². The Balaban J connectivity index is 1.17. The number of fused-ring (bicyclic) bond motifs is 1. The second-order valence-electron chi connectivity index (χ2n) is 10.4. The molecule has 0 unspecified atom stereocenters. The van der Waals surface area contributed by atoms with Crippen molar-refractivity contribution in [3.63, 3.8) is 0 Å². The maximum atomic E-state index is 12.9. The first-order valence-corrected chi connectivity index (χ1v) is 13.0. The number of hydrogen-bond acceptors (Lipinski definition) is 5. The van der Waals surface area contributed by atoms with Crippen LogP contribution < -0.4 is 11.1 Å². The molecule has 0 bridgehead atoms. The number of aryl methyl sites for hydroxylation is 2. The topological polar surface area (TPSA) is 106 Å². The van der Waals surface area contributed by atoms with Gasteiger partial charge in [-0.05, 0) is 77.9 Å². The first kappa shape index (κ1) is 25.4. The summed E-state index contributed by atoms with van der Waals surface area (Å²) in [7, 11) is 1.89. The van der Waals surface area contributed by atoms with Crippen LogP contribution >= 0.6 is 0 Å². The van der Waals surface area contributed by atoms with E-state index in [-0.39, 0.29) is 11.8 Å². The summed E-state index contributed by atoms with van der Waals surface area (Å²) in [5, 5.41) is 9.38. The second-order valence-corrected chi connectivity index (χ2v) is 10.4. The van der Waals surface area contributed by atoms with Crippen LogP contribution in [-0.2, 0) is 24.3 Å². The number of nitrogens with zero attached hydrogens (tertiary/aromatic N) is 4. The molecule has 1 aliphatic rings. The molecule has 2 heterocycles. The smallest absolute Gasteiger partial charge is 0.254 e. The highest BCUT2D eigenvalue weighted by Crippen LogP contribution is 2.29. The zero-order valence-electron chi connectivity index (χ0n) is 22.2. The third kappa shape index (κ3) is 5.69. The van der Waals surface area contributed by atoms with Gasteiger partial charge in [-0.2, -0.15) is 5.10 Å². The van der Waals surface area contributed by atoms with Gasteiger partial charge in [0.1, 0.15) is 5.82 Å².